The third-order valence-corrected chi connectivity index (χ3v) is 2.20. The summed E-state index contributed by atoms with van der Waals surface area (Å²) in [6, 6.07) is 0. The Bertz CT molecular complexity index is 204. The zero-order valence-corrected chi connectivity index (χ0v) is 8.72. The second kappa shape index (κ2) is 3.47. The SMILES string of the molecule is CC(C)CC1=CC(C)(C)CC=C1. The van der Waals surface area contributed by atoms with Crippen LogP contribution in [0.15, 0.2) is 23.8 Å². The third-order valence-electron chi connectivity index (χ3n) is 2.20. The smallest absolute Gasteiger partial charge is 0.0134 e. The van der Waals surface area contributed by atoms with Crippen LogP contribution >= 0.6 is 0 Å². The van der Waals surface area contributed by atoms with Crippen LogP contribution in [0.4, 0.5) is 0 Å². The van der Waals surface area contributed by atoms with Crippen LogP contribution in [0.25, 0.3) is 0 Å². The van der Waals surface area contributed by atoms with Crippen LogP contribution in [0.2, 0.25) is 0 Å². The van der Waals surface area contributed by atoms with Gasteiger partial charge in [-0.25, -0.2) is 0 Å². The molecule has 68 valence electrons. The van der Waals surface area contributed by atoms with E-state index in [1.807, 2.05) is 0 Å². The van der Waals surface area contributed by atoms with Gasteiger partial charge in [-0.15, -0.1) is 0 Å². The lowest BCUT2D eigenvalue weighted by atomic mass is 9.82. The minimum atomic E-state index is 0.388. The Morgan fingerprint density at radius 2 is 2.08 bits per heavy atom. The molecule has 0 bridgehead atoms. The molecule has 0 aliphatic heterocycles. The minimum absolute atomic E-state index is 0.388. The van der Waals surface area contributed by atoms with Gasteiger partial charge in [-0.1, -0.05) is 51.5 Å². The summed E-state index contributed by atoms with van der Waals surface area (Å²) < 4.78 is 0. The minimum Gasteiger partial charge on any atom is -0.0834 e. The fourth-order valence-electron chi connectivity index (χ4n) is 1.72. The molecule has 0 N–H and O–H groups in total. The van der Waals surface area contributed by atoms with Crippen molar-refractivity contribution in [3.05, 3.63) is 23.8 Å². The molecule has 0 aromatic heterocycles. The Morgan fingerprint density at radius 3 is 2.58 bits per heavy atom. The van der Waals surface area contributed by atoms with Gasteiger partial charge in [0.05, 0.1) is 0 Å². The van der Waals surface area contributed by atoms with Gasteiger partial charge in [0.2, 0.25) is 0 Å². The van der Waals surface area contributed by atoms with Crippen LogP contribution in [-0.4, -0.2) is 0 Å². The summed E-state index contributed by atoms with van der Waals surface area (Å²) in [6.45, 7) is 9.15. The summed E-state index contributed by atoms with van der Waals surface area (Å²) in [6.07, 6.45) is 9.42. The summed E-state index contributed by atoms with van der Waals surface area (Å²) in [4.78, 5) is 0. The van der Waals surface area contributed by atoms with E-state index < -0.39 is 0 Å². The van der Waals surface area contributed by atoms with E-state index in [1.54, 1.807) is 0 Å². The molecule has 1 rings (SSSR count). The highest BCUT2D eigenvalue weighted by atomic mass is 14.2. The molecule has 0 heteroatoms. The van der Waals surface area contributed by atoms with Crippen molar-refractivity contribution >= 4 is 0 Å². The third kappa shape index (κ3) is 2.84. The summed E-state index contributed by atoms with van der Waals surface area (Å²) in [5.41, 5.74) is 1.90. The van der Waals surface area contributed by atoms with Crippen molar-refractivity contribution in [1.29, 1.82) is 0 Å². The highest BCUT2D eigenvalue weighted by Crippen LogP contribution is 2.30. The molecule has 0 atom stereocenters. The summed E-state index contributed by atoms with van der Waals surface area (Å²) in [5.74, 6) is 0.773. The van der Waals surface area contributed by atoms with E-state index in [1.165, 1.54) is 18.4 Å². The fraction of sp³-hybridized carbons (Fsp3) is 0.667. The molecule has 0 aromatic carbocycles. The average Bonchev–Trinajstić information content (AvgIpc) is 1.82. The van der Waals surface area contributed by atoms with Crippen LogP contribution in [0.3, 0.4) is 0 Å². The number of allylic oxidation sites excluding steroid dienone is 4. The van der Waals surface area contributed by atoms with Gasteiger partial charge in [0, 0.05) is 0 Å². The van der Waals surface area contributed by atoms with Gasteiger partial charge in [-0.2, -0.15) is 0 Å². The normalized spacial score (nSPS) is 21.2. The zero-order chi connectivity index (χ0) is 9.19. The average molecular weight is 164 g/mol. The Labute approximate surface area is 76.4 Å². The van der Waals surface area contributed by atoms with E-state index in [0.717, 1.165) is 5.92 Å². The Balaban J connectivity index is 2.64. The Morgan fingerprint density at radius 1 is 1.42 bits per heavy atom. The van der Waals surface area contributed by atoms with Crippen molar-refractivity contribution in [3.8, 4) is 0 Å². The standard InChI is InChI=1S/C12H20/c1-10(2)8-11-6-5-7-12(3,4)9-11/h5-6,9-10H,7-8H2,1-4H3. The summed E-state index contributed by atoms with van der Waals surface area (Å²) in [7, 11) is 0. The maximum absolute atomic E-state index is 2.42. The first-order chi connectivity index (χ1) is 5.49. The van der Waals surface area contributed by atoms with Crippen LogP contribution in [-0.2, 0) is 0 Å². The van der Waals surface area contributed by atoms with Gasteiger partial charge >= 0.3 is 0 Å². The van der Waals surface area contributed by atoms with Crippen molar-refractivity contribution in [2.24, 2.45) is 11.3 Å². The van der Waals surface area contributed by atoms with Crippen LogP contribution < -0.4 is 0 Å². The van der Waals surface area contributed by atoms with E-state index in [-0.39, 0.29) is 0 Å². The van der Waals surface area contributed by atoms with Gasteiger partial charge in [0.25, 0.3) is 0 Å². The van der Waals surface area contributed by atoms with E-state index in [2.05, 4.69) is 45.9 Å². The van der Waals surface area contributed by atoms with Gasteiger partial charge in [-0.3, -0.25) is 0 Å². The predicted octanol–water partition coefficient (Wildman–Crippen LogP) is 3.95. The zero-order valence-electron chi connectivity index (χ0n) is 8.72. The fourth-order valence-corrected chi connectivity index (χ4v) is 1.72. The first-order valence-corrected chi connectivity index (χ1v) is 4.88. The monoisotopic (exact) mass is 164 g/mol. The van der Waals surface area contributed by atoms with Crippen LogP contribution in [0, 0.1) is 11.3 Å². The molecule has 0 amide bonds. The molecule has 0 unspecified atom stereocenters. The second-order valence-electron chi connectivity index (χ2n) is 4.91. The molecule has 1 aliphatic carbocycles. The number of rotatable bonds is 2. The largest absolute Gasteiger partial charge is 0.0834 e. The van der Waals surface area contributed by atoms with Crippen molar-refractivity contribution in [1.82, 2.24) is 0 Å². The summed E-state index contributed by atoms with van der Waals surface area (Å²) >= 11 is 0. The lowest BCUT2D eigenvalue weighted by molar-refractivity contribution is 0.474. The lowest BCUT2D eigenvalue weighted by Gasteiger charge is -2.24. The molecule has 0 spiro atoms. The van der Waals surface area contributed by atoms with Crippen molar-refractivity contribution in [2.75, 3.05) is 0 Å². The molecular weight excluding hydrogens is 144 g/mol. The Kier molecular flexibility index (Phi) is 2.76. The van der Waals surface area contributed by atoms with E-state index >= 15 is 0 Å². The molecule has 0 nitrogen and oxygen atoms in total. The van der Waals surface area contributed by atoms with Crippen LogP contribution in [0.5, 0.6) is 0 Å². The van der Waals surface area contributed by atoms with Gasteiger partial charge in [0.15, 0.2) is 0 Å². The maximum Gasteiger partial charge on any atom is -0.0134 e. The molecule has 0 saturated heterocycles. The summed E-state index contributed by atoms with van der Waals surface area (Å²) in [5, 5.41) is 0. The van der Waals surface area contributed by atoms with Gasteiger partial charge < -0.3 is 0 Å². The molecule has 0 saturated carbocycles. The van der Waals surface area contributed by atoms with Crippen LogP contribution in [0.1, 0.15) is 40.5 Å². The highest BCUT2D eigenvalue weighted by molar-refractivity contribution is 5.26. The first kappa shape index (κ1) is 9.57. The lowest BCUT2D eigenvalue weighted by Crippen LogP contribution is -2.10. The van der Waals surface area contributed by atoms with E-state index in [4.69, 9.17) is 0 Å². The predicted molar refractivity (Wildman–Crippen MR) is 55.1 cm³/mol. The van der Waals surface area contributed by atoms with Crippen molar-refractivity contribution in [3.63, 3.8) is 0 Å². The van der Waals surface area contributed by atoms with Gasteiger partial charge in [-0.05, 0) is 24.2 Å². The second-order valence-corrected chi connectivity index (χ2v) is 4.91. The molecule has 0 fully saturated rings. The molecule has 12 heavy (non-hydrogen) atoms. The van der Waals surface area contributed by atoms with Gasteiger partial charge in [0.1, 0.15) is 0 Å². The van der Waals surface area contributed by atoms with E-state index in [9.17, 15) is 0 Å². The Hall–Kier alpha value is -0.520. The number of hydrogen-bond acceptors (Lipinski definition) is 0. The molecule has 1 aliphatic rings. The first-order valence-electron chi connectivity index (χ1n) is 4.88. The maximum atomic E-state index is 2.42. The molecule has 0 aromatic rings. The molecule has 0 radical (unpaired) electrons. The van der Waals surface area contributed by atoms with Crippen molar-refractivity contribution in [2.45, 2.75) is 40.5 Å². The molecular formula is C12H20. The van der Waals surface area contributed by atoms with Crippen molar-refractivity contribution < 1.29 is 0 Å². The number of hydrogen-bond donors (Lipinski definition) is 0. The topological polar surface area (TPSA) is 0 Å². The van der Waals surface area contributed by atoms with E-state index in [0.29, 0.717) is 5.41 Å². The highest BCUT2D eigenvalue weighted by Gasteiger charge is 2.16. The molecule has 0 heterocycles. The quantitative estimate of drug-likeness (QED) is 0.580.